The van der Waals surface area contributed by atoms with Gasteiger partial charge >= 0.3 is 6.03 Å². The van der Waals surface area contributed by atoms with Gasteiger partial charge in [-0.3, -0.25) is 0 Å². The molecule has 1 aliphatic rings. The van der Waals surface area contributed by atoms with Crippen molar-refractivity contribution in [3.8, 4) is 0 Å². The van der Waals surface area contributed by atoms with Crippen LogP contribution in [0.4, 0.5) is 4.79 Å². The lowest BCUT2D eigenvalue weighted by atomic mass is 10.1. The summed E-state index contributed by atoms with van der Waals surface area (Å²) in [5.74, 6) is 0.793. The van der Waals surface area contributed by atoms with Crippen LogP contribution < -0.4 is 5.32 Å². The zero-order valence-corrected chi connectivity index (χ0v) is 9.69. The van der Waals surface area contributed by atoms with Gasteiger partial charge in [-0.1, -0.05) is 5.16 Å². The molecule has 0 saturated carbocycles. The molecule has 1 atom stereocenters. The minimum Gasteiger partial charge on any atom is -0.359 e. The third kappa shape index (κ3) is 2.03. The van der Waals surface area contributed by atoms with E-state index in [-0.39, 0.29) is 12.1 Å². The van der Waals surface area contributed by atoms with Gasteiger partial charge in [-0.15, -0.1) is 0 Å². The Morgan fingerprint density at radius 1 is 1.75 bits per heavy atom. The van der Waals surface area contributed by atoms with E-state index in [0.29, 0.717) is 6.54 Å². The molecular weight excluding hydrogens is 206 g/mol. The molecule has 2 rings (SSSR count). The van der Waals surface area contributed by atoms with E-state index in [0.717, 1.165) is 30.8 Å². The molecule has 1 aromatic rings. The molecule has 5 heteroatoms. The third-order valence-electron chi connectivity index (χ3n) is 2.82. The molecule has 0 spiro atoms. The van der Waals surface area contributed by atoms with Gasteiger partial charge < -0.3 is 14.7 Å². The molecule has 16 heavy (non-hydrogen) atoms. The van der Waals surface area contributed by atoms with Crippen LogP contribution in [-0.4, -0.2) is 29.2 Å². The maximum absolute atomic E-state index is 11.8. The maximum Gasteiger partial charge on any atom is 0.318 e. The Kier molecular flexibility index (Phi) is 3.12. The molecule has 5 nitrogen and oxygen atoms in total. The largest absolute Gasteiger partial charge is 0.359 e. The van der Waals surface area contributed by atoms with Gasteiger partial charge in [0.05, 0.1) is 11.7 Å². The molecule has 1 fully saturated rings. The van der Waals surface area contributed by atoms with E-state index in [1.54, 1.807) is 0 Å². The van der Waals surface area contributed by atoms with E-state index in [1.807, 2.05) is 24.8 Å². The van der Waals surface area contributed by atoms with Gasteiger partial charge in [-0.2, -0.15) is 0 Å². The molecular formula is C11H17N3O2. The summed E-state index contributed by atoms with van der Waals surface area (Å²) >= 11 is 0. The van der Waals surface area contributed by atoms with Crippen molar-refractivity contribution in [2.24, 2.45) is 0 Å². The summed E-state index contributed by atoms with van der Waals surface area (Å²) in [6.07, 6.45) is 1.97. The number of rotatable bonds is 2. The second kappa shape index (κ2) is 4.55. The fourth-order valence-electron chi connectivity index (χ4n) is 2.10. The van der Waals surface area contributed by atoms with Crippen molar-refractivity contribution in [2.45, 2.75) is 32.7 Å². The number of carbonyl (C=O) groups excluding carboxylic acids is 1. The third-order valence-corrected chi connectivity index (χ3v) is 2.82. The molecule has 0 unspecified atom stereocenters. The van der Waals surface area contributed by atoms with Crippen LogP contribution in [-0.2, 0) is 0 Å². The highest BCUT2D eigenvalue weighted by Crippen LogP contribution is 2.31. The standard InChI is InChI=1S/C11H17N3O2/c1-3-12-11(15)14-6-4-5-9(14)10-7-8(2)13-16-10/h7,9H,3-6H2,1-2H3,(H,12,15)/t9-/m0/s1. The van der Waals surface area contributed by atoms with E-state index in [4.69, 9.17) is 4.52 Å². The van der Waals surface area contributed by atoms with Crippen LogP contribution in [0.2, 0.25) is 0 Å². The van der Waals surface area contributed by atoms with Gasteiger partial charge in [-0.25, -0.2) is 4.79 Å². The van der Waals surface area contributed by atoms with Gasteiger partial charge in [0.1, 0.15) is 0 Å². The summed E-state index contributed by atoms with van der Waals surface area (Å²) in [5, 5.41) is 6.69. The zero-order valence-electron chi connectivity index (χ0n) is 9.69. The summed E-state index contributed by atoms with van der Waals surface area (Å²) < 4.78 is 5.24. The first-order valence-corrected chi connectivity index (χ1v) is 5.70. The normalized spacial score (nSPS) is 20.1. The lowest BCUT2D eigenvalue weighted by Gasteiger charge is -2.22. The van der Waals surface area contributed by atoms with Crippen molar-refractivity contribution < 1.29 is 9.32 Å². The average molecular weight is 223 g/mol. The van der Waals surface area contributed by atoms with E-state index >= 15 is 0 Å². The molecule has 0 aliphatic carbocycles. The topological polar surface area (TPSA) is 58.4 Å². The molecule has 2 heterocycles. The summed E-state index contributed by atoms with van der Waals surface area (Å²) in [5.41, 5.74) is 0.859. The molecule has 1 N–H and O–H groups in total. The number of hydrogen-bond donors (Lipinski definition) is 1. The van der Waals surface area contributed by atoms with Crippen molar-refractivity contribution in [1.29, 1.82) is 0 Å². The minimum atomic E-state index is -0.0148. The number of aryl methyl sites for hydroxylation is 1. The van der Waals surface area contributed by atoms with Crippen LogP contribution in [0.25, 0.3) is 0 Å². The predicted molar refractivity (Wildman–Crippen MR) is 59.0 cm³/mol. The van der Waals surface area contributed by atoms with E-state index < -0.39 is 0 Å². The van der Waals surface area contributed by atoms with Crippen LogP contribution in [0.15, 0.2) is 10.6 Å². The molecule has 0 radical (unpaired) electrons. The first kappa shape index (κ1) is 11.0. The Balaban J connectivity index is 2.11. The Morgan fingerprint density at radius 2 is 2.56 bits per heavy atom. The zero-order chi connectivity index (χ0) is 11.5. The lowest BCUT2D eigenvalue weighted by Crippen LogP contribution is -2.39. The number of aromatic nitrogens is 1. The van der Waals surface area contributed by atoms with Gasteiger partial charge in [0.15, 0.2) is 5.76 Å². The highest BCUT2D eigenvalue weighted by Gasteiger charge is 2.32. The number of nitrogens with zero attached hydrogens (tertiary/aromatic N) is 2. The number of hydrogen-bond acceptors (Lipinski definition) is 3. The van der Waals surface area contributed by atoms with Crippen molar-refractivity contribution >= 4 is 6.03 Å². The highest BCUT2D eigenvalue weighted by molar-refractivity contribution is 5.74. The summed E-state index contributed by atoms with van der Waals surface area (Å²) in [6.45, 7) is 5.24. The van der Waals surface area contributed by atoms with Gasteiger partial charge in [-0.05, 0) is 26.7 Å². The van der Waals surface area contributed by atoms with Crippen molar-refractivity contribution in [1.82, 2.24) is 15.4 Å². The molecule has 0 aromatic carbocycles. The second-order valence-electron chi connectivity index (χ2n) is 4.06. The van der Waals surface area contributed by atoms with Crippen molar-refractivity contribution in [2.75, 3.05) is 13.1 Å². The summed E-state index contributed by atoms with van der Waals surface area (Å²) in [6, 6.07) is 1.94. The fourth-order valence-corrected chi connectivity index (χ4v) is 2.10. The van der Waals surface area contributed by atoms with Crippen LogP contribution >= 0.6 is 0 Å². The van der Waals surface area contributed by atoms with E-state index in [2.05, 4.69) is 10.5 Å². The minimum absolute atomic E-state index is 0.0148. The lowest BCUT2D eigenvalue weighted by molar-refractivity contribution is 0.183. The Labute approximate surface area is 94.8 Å². The molecule has 88 valence electrons. The van der Waals surface area contributed by atoms with Gasteiger partial charge in [0.25, 0.3) is 0 Å². The van der Waals surface area contributed by atoms with Crippen LogP contribution in [0.3, 0.4) is 0 Å². The quantitative estimate of drug-likeness (QED) is 0.832. The van der Waals surface area contributed by atoms with Crippen molar-refractivity contribution in [3.63, 3.8) is 0 Å². The van der Waals surface area contributed by atoms with Gasteiger partial charge in [0.2, 0.25) is 0 Å². The van der Waals surface area contributed by atoms with Gasteiger partial charge in [0, 0.05) is 19.2 Å². The fraction of sp³-hybridized carbons (Fsp3) is 0.636. The summed E-state index contributed by atoms with van der Waals surface area (Å²) in [4.78, 5) is 13.6. The number of amides is 2. The number of likely N-dealkylation sites (tertiary alicyclic amines) is 1. The average Bonchev–Trinajstić information content (AvgIpc) is 2.85. The SMILES string of the molecule is CCNC(=O)N1CCC[C@H]1c1cc(C)no1. The Hall–Kier alpha value is -1.52. The smallest absolute Gasteiger partial charge is 0.318 e. The maximum atomic E-state index is 11.8. The van der Waals surface area contributed by atoms with Crippen LogP contribution in [0, 0.1) is 6.92 Å². The second-order valence-corrected chi connectivity index (χ2v) is 4.06. The Morgan fingerprint density at radius 3 is 3.19 bits per heavy atom. The number of urea groups is 1. The highest BCUT2D eigenvalue weighted by atomic mass is 16.5. The molecule has 2 amide bonds. The first-order chi connectivity index (χ1) is 7.72. The van der Waals surface area contributed by atoms with Crippen LogP contribution in [0.1, 0.15) is 37.3 Å². The Bertz CT molecular complexity index is 375. The van der Waals surface area contributed by atoms with E-state index in [1.165, 1.54) is 0 Å². The monoisotopic (exact) mass is 223 g/mol. The molecule has 1 saturated heterocycles. The summed E-state index contributed by atoms with van der Waals surface area (Å²) in [7, 11) is 0. The molecule has 1 aromatic heterocycles. The molecule has 1 aliphatic heterocycles. The molecule has 0 bridgehead atoms. The first-order valence-electron chi connectivity index (χ1n) is 5.70. The van der Waals surface area contributed by atoms with Crippen LogP contribution in [0.5, 0.6) is 0 Å². The number of carbonyl (C=O) groups is 1. The number of nitrogens with one attached hydrogen (secondary N) is 1. The predicted octanol–water partition coefficient (Wildman–Crippen LogP) is 1.85. The van der Waals surface area contributed by atoms with E-state index in [9.17, 15) is 4.79 Å². The van der Waals surface area contributed by atoms with Crippen molar-refractivity contribution in [3.05, 3.63) is 17.5 Å².